The molecule has 0 spiro atoms. The first-order valence-electron chi connectivity index (χ1n) is 8.83. The highest BCUT2D eigenvalue weighted by atomic mass is 32.2. The molecule has 1 N–H and O–H groups in total. The lowest BCUT2D eigenvalue weighted by Gasteiger charge is -2.24. The number of anilines is 1. The molecule has 6 nitrogen and oxygen atoms in total. The smallest absolute Gasteiger partial charge is 0.241 e. The summed E-state index contributed by atoms with van der Waals surface area (Å²) in [7, 11) is -2.26. The van der Waals surface area contributed by atoms with Gasteiger partial charge < -0.3 is 10.1 Å². The number of carbonyl (C=O) groups excluding carboxylic acids is 1. The van der Waals surface area contributed by atoms with Crippen molar-refractivity contribution in [3.63, 3.8) is 0 Å². The zero-order chi connectivity index (χ0) is 20.9. The van der Waals surface area contributed by atoms with E-state index in [9.17, 15) is 17.6 Å². The van der Waals surface area contributed by atoms with Gasteiger partial charge in [-0.3, -0.25) is 9.10 Å². The zero-order valence-corrected chi connectivity index (χ0v) is 17.2. The molecule has 0 heterocycles. The molecule has 2 aromatic carbocycles. The molecule has 0 saturated carbocycles. The van der Waals surface area contributed by atoms with Crippen LogP contribution in [0.2, 0.25) is 0 Å². The molecule has 0 aliphatic carbocycles. The van der Waals surface area contributed by atoms with Gasteiger partial charge in [0.25, 0.3) is 0 Å². The molecule has 0 aromatic heterocycles. The molecule has 8 heteroatoms. The van der Waals surface area contributed by atoms with Gasteiger partial charge in [0.1, 0.15) is 18.1 Å². The Kier molecular flexibility index (Phi) is 7.01. The zero-order valence-electron chi connectivity index (χ0n) is 16.4. The third kappa shape index (κ3) is 5.22. The molecule has 0 fully saturated rings. The molecule has 28 heavy (non-hydrogen) atoms. The first-order valence-corrected chi connectivity index (χ1v) is 10.7. The highest BCUT2D eigenvalue weighted by Gasteiger charge is 2.24. The average Bonchev–Trinajstić information content (AvgIpc) is 2.64. The number of aryl methyl sites for hydroxylation is 1. The van der Waals surface area contributed by atoms with Crippen LogP contribution >= 0.6 is 0 Å². The Bertz CT molecular complexity index is 947. The van der Waals surface area contributed by atoms with Crippen molar-refractivity contribution in [2.45, 2.75) is 26.3 Å². The van der Waals surface area contributed by atoms with Crippen molar-refractivity contribution < 1.29 is 22.3 Å². The van der Waals surface area contributed by atoms with E-state index in [-0.39, 0.29) is 11.7 Å². The van der Waals surface area contributed by atoms with Crippen LogP contribution in [0.5, 0.6) is 5.75 Å². The van der Waals surface area contributed by atoms with E-state index in [4.69, 9.17) is 4.74 Å². The molecule has 0 bridgehead atoms. The van der Waals surface area contributed by atoms with E-state index in [1.807, 2.05) is 32.0 Å². The van der Waals surface area contributed by atoms with Crippen LogP contribution in [-0.2, 0) is 14.8 Å². The number of nitrogens with one attached hydrogen (secondary N) is 1. The SMILES string of the molecule is CC[C@@H](NC(=O)CN(c1ccccc1F)S(C)(=O)=O)c1ccc(OC)c(C)c1. The third-order valence-corrected chi connectivity index (χ3v) is 5.50. The van der Waals surface area contributed by atoms with Crippen molar-refractivity contribution in [3.8, 4) is 5.75 Å². The lowest BCUT2D eigenvalue weighted by molar-refractivity contribution is -0.120. The second-order valence-electron chi connectivity index (χ2n) is 6.48. The normalized spacial score (nSPS) is 12.3. The monoisotopic (exact) mass is 408 g/mol. The average molecular weight is 408 g/mol. The standard InChI is InChI=1S/C20H25FN2O4S/c1-5-17(15-10-11-19(27-3)14(2)12-15)22-20(24)13-23(28(4,25)26)18-9-7-6-8-16(18)21/h6-12,17H,5,13H2,1-4H3,(H,22,24)/t17-/m1/s1. The largest absolute Gasteiger partial charge is 0.496 e. The minimum Gasteiger partial charge on any atom is -0.496 e. The summed E-state index contributed by atoms with van der Waals surface area (Å²) in [4.78, 5) is 12.6. The van der Waals surface area contributed by atoms with Crippen LogP contribution in [0.25, 0.3) is 0 Å². The second kappa shape index (κ2) is 9.05. The van der Waals surface area contributed by atoms with E-state index in [2.05, 4.69) is 5.32 Å². The Balaban J connectivity index is 2.21. The van der Waals surface area contributed by atoms with Gasteiger partial charge in [-0.2, -0.15) is 0 Å². The Hall–Kier alpha value is -2.61. The minimum atomic E-state index is -3.84. The maximum Gasteiger partial charge on any atom is 0.241 e. The van der Waals surface area contributed by atoms with Gasteiger partial charge in [0.2, 0.25) is 15.9 Å². The van der Waals surface area contributed by atoms with E-state index in [0.717, 1.165) is 33.5 Å². The van der Waals surface area contributed by atoms with Gasteiger partial charge in [-0.05, 0) is 42.7 Å². The molecule has 0 radical (unpaired) electrons. The maximum atomic E-state index is 14.1. The number of amides is 1. The molecule has 152 valence electrons. The fourth-order valence-corrected chi connectivity index (χ4v) is 3.80. The number of sulfonamides is 1. The van der Waals surface area contributed by atoms with Gasteiger partial charge >= 0.3 is 0 Å². The fourth-order valence-electron chi connectivity index (χ4n) is 2.94. The molecule has 0 aliphatic rings. The fraction of sp³-hybridized carbons (Fsp3) is 0.350. The second-order valence-corrected chi connectivity index (χ2v) is 8.39. The number of rotatable bonds is 8. The van der Waals surface area contributed by atoms with E-state index in [1.165, 1.54) is 18.2 Å². The summed E-state index contributed by atoms with van der Waals surface area (Å²) in [6.45, 7) is 3.31. The molecule has 0 saturated heterocycles. The number of hydrogen-bond donors (Lipinski definition) is 1. The van der Waals surface area contributed by atoms with Crippen molar-refractivity contribution in [1.82, 2.24) is 5.32 Å². The van der Waals surface area contributed by atoms with Crippen LogP contribution in [0, 0.1) is 12.7 Å². The first kappa shape index (κ1) is 21.7. The number of para-hydroxylation sites is 1. The van der Waals surface area contributed by atoms with Crippen LogP contribution < -0.4 is 14.4 Å². The Labute approximate surface area is 165 Å². The van der Waals surface area contributed by atoms with Crippen molar-refractivity contribution in [1.29, 1.82) is 0 Å². The van der Waals surface area contributed by atoms with E-state index < -0.39 is 28.3 Å². The summed E-state index contributed by atoms with van der Waals surface area (Å²) >= 11 is 0. The van der Waals surface area contributed by atoms with Gasteiger partial charge in [-0.1, -0.05) is 31.2 Å². The van der Waals surface area contributed by atoms with Gasteiger partial charge in [0, 0.05) is 0 Å². The Morgan fingerprint density at radius 2 is 1.93 bits per heavy atom. The molecular weight excluding hydrogens is 383 g/mol. The van der Waals surface area contributed by atoms with E-state index in [1.54, 1.807) is 7.11 Å². The van der Waals surface area contributed by atoms with Crippen LogP contribution in [0.15, 0.2) is 42.5 Å². The van der Waals surface area contributed by atoms with Crippen molar-refractivity contribution in [2.24, 2.45) is 0 Å². The van der Waals surface area contributed by atoms with Crippen molar-refractivity contribution in [2.75, 3.05) is 24.2 Å². The predicted octanol–water partition coefficient (Wildman–Crippen LogP) is 3.18. The third-order valence-electron chi connectivity index (χ3n) is 4.37. The number of benzene rings is 2. The lowest BCUT2D eigenvalue weighted by Crippen LogP contribution is -2.41. The van der Waals surface area contributed by atoms with Gasteiger partial charge in [0.15, 0.2) is 0 Å². The number of hydrogen-bond acceptors (Lipinski definition) is 4. The van der Waals surface area contributed by atoms with Crippen molar-refractivity contribution in [3.05, 3.63) is 59.4 Å². The number of ether oxygens (including phenoxy) is 1. The quantitative estimate of drug-likeness (QED) is 0.728. The van der Waals surface area contributed by atoms with Crippen LogP contribution in [0.3, 0.4) is 0 Å². The minimum absolute atomic E-state index is 0.159. The summed E-state index contributed by atoms with van der Waals surface area (Å²) in [6, 6.07) is 10.7. The molecule has 2 aromatic rings. The number of nitrogens with zero attached hydrogens (tertiary/aromatic N) is 1. The summed E-state index contributed by atoms with van der Waals surface area (Å²) < 4.78 is 44.3. The highest BCUT2D eigenvalue weighted by Crippen LogP contribution is 2.25. The van der Waals surface area contributed by atoms with E-state index >= 15 is 0 Å². The summed E-state index contributed by atoms with van der Waals surface area (Å²) in [5, 5.41) is 2.83. The Morgan fingerprint density at radius 1 is 1.25 bits per heavy atom. The number of carbonyl (C=O) groups is 1. The van der Waals surface area contributed by atoms with Gasteiger partial charge in [-0.15, -0.1) is 0 Å². The van der Waals surface area contributed by atoms with Gasteiger partial charge in [0.05, 0.1) is 25.1 Å². The molecule has 2 rings (SSSR count). The molecular formula is C20H25FN2O4S. The van der Waals surface area contributed by atoms with Crippen LogP contribution in [0.4, 0.5) is 10.1 Å². The predicted molar refractivity (Wildman–Crippen MR) is 107 cm³/mol. The number of methoxy groups -OCH3 is 1. The summed E-state index contributed by atoms with van der Waals surface area (Å²) in [5.41, 5.74) is 1.65. The first-order chi connectivity index (χ1) is 13.2. The molecule has 1 atom stereocenters. The summed E-state index contributed by atoms with van der Waals surface area (Å²) in [6.07, 6.45) is 1.55. The van der Waals surface area contributed by atoms with Crippen LogP contribution in [-0.4, -0.2) is 34.2 Å². The van der Waals surface area contributed by atoms with E-state index in [0.29, 0.717) is 6.42 Å². The lowest BCUT2D eigenvalue weighted by atomic mass is 10.0. The van der Waals surface area contributed by atoms with Crippen molar-refractivity contribution >= 4 is 21.6 Å². The molecule has 0 aliphatic heterocycles. The molecule has 1 amide bonds. The Morgan fingerprint density at radius 3 is 2.46 bits per heavy atom. The maximum absolute atomic E-state index is 14.1. The molecule has 0 unspecified atom stereocenters. The number of halogens is 1. The van der Waals surface area contributed by atoms with Crippen LogP contribution in [0.1, 0.15) is 30.5 Å². The summed E-state index contributed by atoms with van der Waals surface area (Å²) in [5.74, 6) is -0.486. The topological polar surface area (TPSA) is 75.7 Å². The van der Waals surface area contributed by atoms with Gasteiger partial charge in [-0.25, -0.2) is 12.8 Å². The highest BCUT2D eigenvalue weighted by molar-refractivity contribution is 7.92.